The molecule has 1 aromatic carbocycles. The number of rotatable bonds is 2. The fraction of sp³-hybridized carbons (Fsp3) is 0.300. The number of hydrogen-bond acceptors (Lipinski definition) is 3. The first-order valence-corrected chi connectivity index (χ1v) is 4.56. The number of anilines is 2. The molecule has 0 radical (unpaired) electrons. The maximum Gasteiger partial charge on any atom is 0.243 e. The highest BCUT2D eigenvalue weighted by Crippen LogP contribution is 2.28. The van der Waals surface area contributed by atoms with Crippen LogP contribution in [-0.4, -0.2) is 30.7 Å². The Hall–Kier alpha value is -1.55. The Labute approximate surface area is 82.2 Å². The molecule has 0 saturated carbocycles. The lowest BCUT2D eigenvalue weighted by molar-refractivity contribution is -0.115. The quantitative estimate of drug-likeness (QED) is 0.714. The van der Waals surface area contributed by atoms with Crippen LogP contribution in [0.1, 0.15) is 0 Å². The van der Waals surface area contributed by atoms with Crippen molar-refractivity contribution in [2.24, 2.45) is 0 Å². The van der Waals surface area contributed by atoms with Crippen LogP contribution in [0.2, 0.25) is 0 Å². The molecule has 14 heavy (non-hydrogen) atoms. The molecule has 4 heteroatoms. The third kappa shape index (κ3) is 1.56. The molecule has 4 nitrogen and oxygen atoms in total. The van der Waals surface area contributed by atoms with Gasteiger partial charge in [-0.05, 0) is 12.1 Å². The third-order valence-corrected chi connectivity index (χ3v) is 2.22. The lowest BCUT2D eigenvalue weighted by Gasteiger charge is -2.30. The smallest absolute Gasteiger partial charge is 0.243 e. The standard InChI is InChI=1S/C10H12N2O2/c13-6-5-12-7-10(14)11-8-3-1-2-4-9(8)12/h1-4,13H,5-7H2,(H,11,14). The molecule has 0 atom stereocenters. The monoisotopic (exact) mass is 192 g/mol. The van der Waals surface area contributed by atoms with Crippen LogP contribution in [0.4, 0.5) is 11.4 Å². The highest BCUT2D eigenvalue weighted by Gasteiger charge is 2.20. The second kappa shape index (κ2) is 3.67. The van der Waals surface area contributed by atoms with E-state index in [2.05, 4.69) is 5.32 Å². The number of benzene rings is 1. The van der Waals surface area contributed by atoms with Gasteiger partial charge in [0.2, 0.25) is 5.91 Å². The Morgan fingerprint density at radius 3 is 3.00 bits per heavy atom. The van der Waals surface area contributed by atoms with E-state index in [1.165, 1.54) is 0 Å². The summed E-state index contributed by atoms with van der Waals surface area (Å²) < 4.78 is 0. The number of para-hydroxylation sites is 2. The van der Waals surface area contributed by atoms with Gasteiger partial charge in [-0.25, -0.2) is 0 Å². The van der Waals surface area contributed by atoms with E-state index >= 15 is 0 Å². The van der Waals surface area contributed by atoms with Crippen molar-refractivity contribution in [3.05, 3.63) is 24.3 Å². The molecule has 0 unspecified atom stereocenters. The van der Waals surface area contributed by atoms with Crippen molar-refractivity contribution < 1.29 is 9.90 Å². The number of amides is 1. The molecule has 2 rings (SSSR count). The molecule has 1 aliphatic heterocycles. The number of hydrogen-bond donors (Lipinski definition) is 2. The number of carbonyl (C=O) groups is 1. The number of aliphatic hydroxyl groups excluding tert-OH is 1. The third-order valence-electron chi connectivity index (χ3n) is 2.22. The van der Waals surface area contributed by atoms with Gasteiger partial charge in [0.05, 0.1) is 24.5 Å². The highest BCUT2D eigenvalue weighted by molar-refractivity contribution is 6.01. The zero-order chi connectivity index (χ0) is 9.97. The topological polar surface area (TPSA) is 52.6 Å². The second-order valence-electron chi connectivity index (χ2n) is 3.21. The maximum absolute atomic E-state index is 11.3. The molecular weight excluding hydrogens is 180 g/mol. The van der Waals surface area contributed by atoms with E-state index in [4.69, 9.17) is 5.11 Å². The first-order chi connectivity index (χ1) is 6.81. The second-order valence-corrected chi connectivity index (χ2v) is 3.21. The summed E-state index contributed by atoms with van der Waals surface area (Å²) in [6, 6.07) is 7.59. The summed E-state index contributed by atoms with van der Waals surface area (Å²) in [7, 11) is 0. The Kier molecular flexibility index (Phi) is 2.37. The van der Waals surface area contributed by atoms with E-state index < -0.39 is 0 Å². The van der Waals surface area contributed by atoms with E-state index in [1.54, 1.807) is 0 Å². The first kappa shape index (κ1) is 9.02. The minimum absolute atomic E-state index is 0.0304. The van der Waals surface area contributed by atoms with Gasteiger partial charge in [0.1, 0.15) is 0 Å². The Balaban J connectivity index is 2.33. The van der Waals surface area contributed by atoms with Crippen LogP contribution >= 0.6 is 0 Å². The molecule has 0 spiro atoms. The summed E-state index contributed by atoms with van der Waals surface area (Å²) in [4.78, 5) is 13.1. The van der Waals surface area contributed by atoms with Gasteiger partial charge in [-0.3, -0.25) is 4.79 Å². The lowest BCUT2D eigenvalue weighted by Crippen LogP contribution is -2.39. The van der Waals surface area contributed by atoms with Crippen LogP contribution in [-0.2, 0) is 4.79 Å². The molecule has 1 aromatic rings. The predicted octanol–water partition coefficient (Wildman–Crippen LogP) is 0.437. The number of fused-ring (bicyclic) bond motifs is 1. The van der Waals surface area contributed by atoms with Gasteiger partial charge in [-0.2, -0.15) is 0 Å². The average molecular weight is 192 g/mol. The molecule has 0 aliphatic carbocycles. The van der Waals surface area contributed by atoms with Gasteiger partial charge in [0.25, 0.3) is 0 Å². The summed E-state index contributed by atoms with van der Waals surface area (Å²) in [6.07, 6.45) is 0. The Bertz CT molecular complexity index is 352. The van der Waals surface area contributed by atoms with Crippen LogP contribution < -0.4 is 10.2 Å². The SMILES string of the molecule is O=C1CN(CCO)c2ccccc2N1. The molecule has 1 aliphatic rings. The predicted molar refractivity (Wildman–Crippen MR) is 54.4 cm³/mol. The van der Waals surface area contributed by atoms with Crippen LogP contribution in [0, 0.1) is 0 Å². The molecule has 0 fully saturated rings. The average Bonchev–Trinajstić information content (AvgIpc) is 2.18. The van der Waals surface area contributed by atoms with Gasteiger partial charge < -0.3 is 15.3 Å². The van der Waals surface area contributed by atoms with Crippen molar-refractivity contribution in [1.29, 1.82) is 0 Å². The molecule has 2 N–H and O–H groups in total. The number of carbonyl (C=O) groups excluding carboxylic acids is 1. The highest BCUT2D eigenvalue weighted by atomic mass is 16.3. The largest absolute Gasteiger partial charge is 0.395 e. The summed E-state index contributed by atoms with van der Waals surface area (Å²) >= 11 is 0. The van der Waals surface area contributed by atoms with Crippen molar-refractivity contribution in [1.82, 2.24) is 0 Å². The van der Waals surface area contributed by atoms with Crippen LogP contribution in [0.25, 0.3) is 0 Å². The summed E-state index contributed by atoms with van der Waals surface area (Å²) in [6.45, 7) is 0.865. The lowest BCUT2D eigenvalue weighted by atomic mass is 10.2. The van der Waals surface area contributed by atoms with Gasteiger partial charge >= 0.3 is 0 Å². The molecule has 0 bridgehead atoms. The maximum atomic E-state index is 11.3. The van der Waals surface area contributed by atoms with E-state index in [1.807, 2.05) is 29.2 Å². The van der Waals surface area contributed by atoms with Gasteiger partial charge in [0, 0.05) is 6.54 Å². The minimum atomic E-state index is -0.0304. The van der Waals surface area contributed by atoms with Gasteiger partial charge in [-0.15, -0.1) is 0 Å². The zero-order valence-corrected chi connectivity index (χ0v) is 7.73. The van der Waals surface area contributed by atoms with Crippen LogP contribution in [0.5, 0.6) is 0 Å². The number of aliphatic hydroxyl groups is 1. The van der Waals surface area contributed by atoms with Crippen molar-refractivity contribution in [3.63, 3.8) is 0 Å². The molecule has 0 saturated heterocycles. The van der Waals surface area contributed by atoms with E-state index in [0.29, 0.717) is 13.1 Å². The van der Waals surface area contributed by atoms with E-state index in [9.17, 15) is 4.79 Å². The molecule has 74 valence electrons. The minimum Gasteiger partial charge on any atom is -0.395 e. The molecule has 1 heterocycles. The summed E-state index contributed by atoms with van der Waals surface area (Å²) in [5.41, 5.74) is 1.79. The fourth-order valence-electron chi connectivity index (χ4n) is 1.62. The number of β-amino-alcohol motifs (C(OH)–C–C–N with tert-alkyl or cyclic N) is 1. The van der Waals surface area contributed by atoms with E-state index in [-0.39, 0.29) is 12.5 Å². The summed E-state index contributed by atoms with van der Waals surface area (Å²) in [5, 5.41) is 11.6. The fourth-order valence-corrected chi connectivity index (χ4v) is 1.62. The summed E-state index contributed by atoms with van der Waals surface area (Å²) in [5.74, 6) is -0.0304. The van der Waals surface area contributed by atoms with Gasteiger partial charge in [-0.1, -0.05) is 12.1 Å². The molecule has 0 aromatic heterocycles. The molecular formula is C10H12N2O2. The van der Waals surface area contributed by atoms with Crippen LogP contribution in [0.3, 0.4) is 0 Å². The van der Waals surface area contributed by atoms with Crippen molar-refractivity contribution in [2.45, 2.75) is 0 Å². The normalized spacial score (nSPS) is 14.9. The molecule has 1 amide bonds. The zero-order valence-electron chi connectivity index (χ0n) is 7.73. The Morgan fingerprint density at radius 1 is 1.43 bits per heavy atom. The number of nitrogens with one attached hydrogen (secondary N) is 1. The van der Waals surface area contributed by atoms with Crippen molar-refractivity contribution in [3.8, 4) is 0 Å². The van der Waals surface area contributed by atoms with Crippen LogP contribution in [0.15, 0.2) is 24.3 Å². The first-order valence-electron chi connectivity index (χ1n) is 4.56. The van der Waals surface area contributed by atoms with Crippen molar-refractivity contribution >= 4 is 17.3 Å². The van der Waals surface area contributed by atoms with Crippen molar-refractivity contribution in [2.75, 3.05) is 29.9 Å². The number of nitrogens with zero attached hydrogens (tertiary/aromatic N) is 1. The van der Waals surface area contributed by atoms with Gasteiger partial charge in [0.15, 0.2) is 0 Å². The van der Waals surface area contributed by atoms with E-state index in [0.717, 1.165) is 11.4 Å². The Morgan fingerprint density at radius 2 is 2.21 bits per heavy atom.